The monoisotopic (exact) mass is 499 g/mol. The van der Waals surface area contributed by atoms with Gasteiger partial charge in [-0.25, -0.2) is 0 Å². The molecule has 0 atom stereocenters. The van der Waals surface area contributed by atoms with Crippen molar-refractivity contribution in [2.45, 2.75) is 17.3 Å². The number of halogens is 3. The van der Waals surface area contributed by atoms with Gasteiger partial charge in [-0.3, -0.25) is 25.4 Å². The topological polar surface area (TPSA) is 113 Å². The molecule has 4 aromatic rings. The van der Waals surface area contributed by atoms with Gasteiger partial charge >= 0.3 is 5.25 Å². The summed E-state index contributed by atoms with van der Waals surface area (Å²) in [5.41, 5.74) is 1.81. The Labute approximate surface area is 202 Å². The quantitative estimate of drug-likeness (QED) is 0.209. The standard InChI is InChI=1S/C22H16ClF2N7OS/c1-13-6-7-15(12-29-13)18(26)33-20(27)22(24,25)34-21-31-30-19(14-8-10-28-11-9-14)32(21)17-5-3-2-4-16(17)23/h2-12,26-27H,1H3. The third kappa shape index (κ3) is 4.95. The summed E-state index contributed by atoms with van der Waals surface area (Å²) in [7, 11) is 0. The summed E-state index contributed by atoms with van der Waals surface area (Å²) in [6.45, 7) is 1.75. The molecule has 8 nitrogen and oxygen atoms in total. The highest BCUT2D eigenvalue weighted by molar-refractivity contribution is 8.00. The van der Waals surface area contributed by atoms with Gasteiger partial charge in [0.2, 0.25) is 11.1 Å². The highest BCUT2D eigenvalue weighted by Crippen LogP contribution is 2.40. The van der Waals surface area contributed by atoms with E-state index in [0.717, 1.165) is 0 Å². The first-order chi connectivity index (χ1) is 16.3. The summed E-state index contributed by atoms with van der Waals surface area (Å²) >= 11 is 6.30. The van der Waals surface area contributed by atoms with E-state index >= 15 is 8.78 Å². The van der Waals surface area contributed by atoms with E-state index in [-0.39, 0.29) is 28.3 Å². The molecule has 0 saturated heterocycles. The predicted octanol–water partition coefficient (Wildman–Crippen LogP) is 5.39. The van der Waals surface area contributed by atoms with Gasteiger partial charge in [0.1, 0.15) is 0 Å². The van der Waals surface area contributed by atoms with E-state index in [2.05, 4.69) is 20.2 Å². The van der Waals surface area contributed by atoms with E-state index in [1.165, 1.54) is 29.2 Å². The molecule has 0 saturated carbocycles. The molecule has 0 unspecified atom stereocenters. The smallest absolute Gasteiger partial charge is 0.375 e. The van der Waals surface area contributed by atoms with Gasteiger partial charge in [-0.2, -0.15) is 8.78 Å². The van der Waals surface area contributed by atoms with E-state index in [1.54, 1.807) is 49.4 Å². The van der Waals surface area contributed by atoms with E-state index in [9.17, 15) is 0 Å². The molecule has 172 valence electrons. The van der Waals surface area contributed by atoms with Gasteiger partial charge in [-0.1, -0.05) is 23.7 Å². The minimum absolute atomic E-state index is 0.0408. The molecule has 0 fully saturated rings. The zero-order chi connectivity index (χ0) is 24.3. The number of thioether (sulfide) groups is 1. The first-order valence-electron chi connectivity index (χ1n) is 9.72. The van der Waals surface area contributed by atoms with Crippen molar-refractivity contribution in [3.05, 3.63) is 83.4 Å². The number of benzene rings is 1. The number of alkyl halides is 2. The average molecular weight is 500 g/mol. The zero-order valence-corrected chi connectivity index (χ0v) is 19.1. The second-order valence-corrected chi connectivity index (χ2v) is 8.39. The average Bonchev–Trinajstić information content (AvgIpc) is 3.22. The molecular formula is C22H16ClF2N7OS. The minimum atomic E-state index is -3.87. The Morgan fingerprint density at radius 1 is 1.06 bits per heavy atom. The molecule has 3 heterocycles. The van der Waals surface area contributed by atoms with Crippen LogP contribution in [0.1, 0.15) is 11.3 Å². The van der Waals surface area contributed by atoms with Crippen LogP contribution in [0.2, 0.25) is 5.02 Å². The van der Waals surface area contributed by atoms with Gasteiger partial charge in [0.15, 0.2) is 5.82 Å². The number of hydrogen-bond acceptors (Lipinski definition) is 8. The van der Waals surface area contributed by atoms with Crippen molar-refractivity contribution in [3.8, 4) is 17.1 Å². The van der Waals surface area contributed by atoms with Crippen LogP contribution in [-0.2, 0) is 4.74 Å². The fourth-order valence-corrected chi connectivity index (χ4v) is 3.80. The molecule has 2 N–H and O–H groups in total. The first kappa shape index (κ1) is 23.5. The molecule has 1 aromatic carbocycles. The van der Waals surface area contributed by atoms with Crippen molar-refractivity contribution >= 4 is 35.2 Å². The second kappa shape index (κ2) is 9.65. The van der Waals surface area contributed by atoms with Crippen molar-refractivity contribution in [1.29, 1.82) is 10.8 Å². The SMILES string of the molecule is Cc1ccc(C(=N)OC(=N)C(F)(F)Sc2nnc(-c3ccncc3)n2-c2ccccc2Cl)cn1. The van der Waals surface area contributed by atoms with Crippen molar-refractivity contribution in [1.82, 2.24) is 24.7 Å². The molecule has 0 bridgehead atoms. The Morgan fingerprint density at radius 3 is 2.47 bits per heavy atom. The number of ether oxygens (including phenoxy) is 1. The lowest BCUT2D eigenvalue weighted by molar-refractivity contribution is 0.158. The van der Waals surface area contributed by atoms with Gasteiger partial charge in [-0.05, 0) is 55.1 Å². The Morgan fingerprint density at radius 2 is 1.79 bits per heavy atom. The summed E-state index contributed by atoms with van der Waals surface area (Å²) in [5.74, 6) is -1.79. The lowest BCUT2D eigenvalue weighted by atomic mass is 10.2. The first-order valence-corrected chi connectivity index (χ1v) is 10.9. The molecule has 0 aliphatic rings. The van der Waals surface area contributed by atoms with Crippen LogP contribution in [0.4, 0.5) is 8.78 Å². The van der Waals surface area contributed by atoms with Gasteiger partial charge in [0.05, 0.1) is 16.3 Å². The van der Waals surface area contributed by atoms with E-state index < -0.39 is 17.1 Å². The van der Waals surface area contributed by atoms with Crippen molar-refractivity contribution < 1.29 is 13.5 Å². The number of nitrogens with one attached hydrogen (secondary N) is 2. The number of rotatable bonds is 6. The Balaban J connectivity index is 1.65. The number of para-hydroxylation sites is 1. The molecule has 3 aromatic heterocycles. The molecule has 0 aliphatic carbocycles. The molecule has 0 amide bonds. The van der Waals surface area contributed by atoms with Crippen LogP contribution in [0.15, 0.2) is 72.3 Å². The van der Waals surface area contributed by atoms with E-state index in [4.69, 9.17) is 27.2 Å². The number of hydrogen-bond donors (Lipinski definition) is 2. The molecular weight excluding hydrogens is 484 g/mol. The maximum Gasteiger partial charge on any atom is 0.375 e. The van der Waals surface area contributed by atoms with Crippen LogP contribution in [0, 0.1) is 17.7 Å². The van der Waals surface area contributed by atoms with Crippen molar-refractivity contribution in [2.75, 3.05) is 0 Å². The molecule has 4 rings (SSSR count). The molecule has 0 aliphatic heterocycles. The number of pyridine rings is 2. The van der Waals surface area contributed by atoms with Crippen molar-refractivity contribution in [3.63, 3.8) is 0 Å². The zero-order valence-electron chi connectivity index (χ0n) is 17.5. The Hall–Kier alpha value is -3.70. The highest BCUT2D eigenvalue weighted by Gasteiger charge is 2.42. The third-order valence-corrected chi connectivity index (χ3v) is 5.73. The van der Waals surface area contributed by atoms with Crippen LogP contribution >= 0.6 is 23.4 Å². The molecule has 34 heavy (non-hydrogen) atoms. The lowest BCUT2D eigenvalue weighted by Gasteiger charge is -2.18. The summed E-state index contributed by atoms with van der Waals surface area (Å²) < 4.78 is 36.3. The van der Waals surface area contributed by atoms with Crippen LogP contribution in [0.5, 0.6) is 0 Å². The maximum atomic E-state index is 15.0. The lowest BCUT2D eigenvalue weighted by Crippen LogP contribution is -2.29. The summed E-state index contributed by atoms with van der Waals surface area (Å²) in [5, 5.41) is 19.9. The van der Waals surface area contributed by atoms with Crippen LogP contribution < -0.4 is 0 Å². The molecule has 0 spiro atoms. The van der Waals surface area contributed by atoms with Crippen molar-refractivity contribution in [2.24, 2.45) is 0 Å². The maximum absolute atomic E-state index is 15.0. The summed E-state index contributed by atoms with van der Waals surface area (Å²) in [4.78, 5) is 7.96. The largest absolute Gasteiger partial charge is 0.418 e. The highest BCUT2D eigenvalue weighted by atomic mass is 35.5. The van der Waals surface area contributed by atoms with Gasteiger partial charge < -0.3 is 4.74 Å². The fraction of sp³-hybridized carbons (Fsp3) is 0.0909. The van der Waals surface area contributed by atoms with Crippen LogP contribution in [0.25, 0.3) is 17.1 Å². The number of aromatic nitrogens is 5. The van der Waals surface area contributed by atoms with Gasteiger partial charge in [0, 0.05) is 29.8 Å². The van der Waals surface area contributed by atoms with Crippen LogP contribution in [0.3, 0.4) is 0 Å². The third-order valence-electron chi connectivity index (χ3n) is 4.53. The van der Waals surface area contributed by atoms with Gasteiger partial charge in [-0.15, -0.1) is 10.2 Å². The van der Waals surface area contributed by atoms with Crippen LogP contribution in [-0.4, -0.2) is 41.8 Å². The molecule has 12 heteroatoms. The number of nitrogens with zero attached hydrogens (tertiary/aromatic N) is 5. The van der Waals surface area contributed by atoms with E-state index in [0.29, 0.717) is 22.0 Å². The summed E-state index contributed by atoms with van der Waals surface area (Å²) in [6.07, 6.45) is 4.39. The normalized spacial score (nSPS) is 11.3. The van der Waals surface area contributed by atoms with E-state index in [1.807, 2.05) is 0 Å². The van der Waals surface area contributed by atoms with Gasteiger partial charge in [0.25, 0.3) is 5.90 Å². The predicted molar refractivity (Wildman–Crippen MR) is 125 cm³/mol. The number of aryl methyl sites for hydroxylation is 1. The Bertz CT molecular complexity index is 1350. The summed E-state index contributed by atoms with van der Waals surface area (Å²) in [6, 6.07) is 13.1. The second-order valence-electron chi connectivity index (χ2n) is 6.90. The Kier molecular flexibility index (Phi) is 6.66. The minimum Gasteiger partial charge on any atom is -0.418 e. The molecule has 0 radical (unpaired) electrons. The fourth-order valence-electron chi connectivity index (χ4n) is 2.86.